The Morgan fingerprint density at radius 1 is 1.05 bits per heavy atom. The minimum Gasteiger partial charge on any atom is -0.453 e. The van der Waals surface area contributed by atoms with Crippen LogP contribution in [0.5, 0.6) is 0 Å². The van der Waals surface area contributed by atoms with Crippen molar-refractivity contribution in [3.8, 4) is 11.1 Å². The van der Waals surface area contributed by atoms with Gasteiger partial charge in [0.2, 0.25) is 5.91 Å². The van der Waals surface area contributed by atoms with Gasteiger partial charge in [-0.25, -0.2) is 4.79 Å². The third kappa shape index (κ3) is 7.94. The van der Waals surface area contributed by atoms with E-state index in [0.717, 1.165) is 73.1 Å². The van der Waals surface area contributed by atoms with Crippen LogP contribution in [0.25, 0.3) is 11.1 Å². The van der Waals surface area contributed by atoms with Crippen molar-refractivity contribution in [2.45, 2.75) is 64.1 Å². The second kappa shape index (κ2) is 14.0. The number of nitrogens with two attached hydrogens (primary N) is 1. The number of carbonyl (C=O) groups is 2. The second-order valence-electron chi connectivity index (χ2n) is 9.86. The van der Waals surface area contributed by atoms with E-state index < -0.39 is 0 Å². The first-order valence-corrected chi connectivity index (χ1v) is 13.2. The first-order chi connectivity index (χ1) is 17.9. The number of anilines is 2. The zero-order valence-electron chi connectivity index (χ0n) is 22.7. The number of ether oxygens (including phenoxy) is 2. The number of benzene rings is 2. The lowest BCUT2D eigenvalue weighted by molar-refractivity contribution is -0.119. The van der Waals surface area contributed by atoms with Gasteiger partial charge in [-0.2, -0.15) is 0 Å². The lowest BCUT2D eigenvalue weighted by atomic mass is 9.90. The van der Waals surface area contributed by atoms with E-state index in [1.54, 1.807) is 0 Å². The van der Waals surface area contributed by atoms with E-state index in [-0.39, 0.29) is 30.7 Å². The molecule has 0 radical (unpaired) electrons. The summed E-state index contributed by atoms with van der Waals surface area (Å²) in [6, 6.07) is 14.6. The Morgan fingerprint density at radius 2 is 1.78 bits per heavy atom. The molecular weight excluding hydrogens is 468 g/mol. The first kappa shape index (κ1) is 28.5. The molecule has 1 fully saturated rings. The molecule has 0 aromatic heterocycles. The summed E-state index contributed by atoms with van der Waals surface area (Å²) in [6.07, 6.45) is 5.44. The molecule has 0 spiro atoms. The molecule has 1 aliphatic rings. The Bertz CT molecular complexity index is 1040. The Hall–Kier alpha value is -3.10. The van der Waals surface area contributed by atoms with Crippen molar-refractivity contribution in [3.05, 3.63) is 48.0 Å². The average molecular weight is 511 g/mol. The van der Waals surface area contributed by atoms with Crippen LogP contribution >= 0.6 is 0 Å². The van der Waals surface area contributed by atoms with Crippen LogP contribution < -0.4 is 16.0 Å². The van der Waals surface area contributed by atoms with Crippen molar-refractivity contribution >= 4 is 23.4 Å². The molecule has 1 aliphatic carbocycles. The van der Waals surface area contributed by atoms with Gasteiger partial charge in [-0.3, -0.25) is 4.79 Å². The largest absolute Gasteiger partial charge is 0.453 e. The van der Waals surface area contributed by atoms with Gasteiger partial charge in [0.15, 0.2) is 0 Å². The summed E-state index contributed by atoms with van der Waals surface area (Å²) in [5.74, 6) is -0.195. The highest BCUT2D eigenvalue weighted by Gasteiger charge is 2.28. The summed E-state index contributed by atoms with van der Waals surface area (Å²) in [6.45, 7) is 3.52. The average Bonchev–Trinajstić information content (AvgIpc) is 2.90. The Balaban J connectivity index is 1.87. The van der Waals surface area contributed by atoms with E-state index in [1.165, 1.54) is 14.2 Å². The molecule has 8 heteroatoms. The van der Waals surface area contributed by atoms with Gasteiger partial charge in [0.05, 0.1) is 18.5 Å². The molecule has 1 saturated carbocycles. The van der Waals surface area contributed by atoms with Crippen LogP contribution in [0.3, 0.4) is 0 Å². The second-order valence-corrected chi connectivity index (χ2v) is 9.86. The normalized spacial score (nSPS) is 17.2. The van der Waals surface area contributed by atoms with E-state index >= 15 is 0 Å². The molecule has 0 atom stereocenters. The monoisotopic (exact) mass is 510 g/mol. The van der Waals surface area contributed by atoms with Gasteiger partial charge in [-0.1, -0.05) is 37.6 Å². The molecule has 3 rings (SSSR count). The molecule has 8 nitrogen and oxygen atoms in total. The fraction of sp³-hybridized carbons (Fsp3) is 0.517. The quantitative estimate of drug-likeness (QED) is 0.441. The highest BCUT2D eigenvalue weighted by atomic mass is 16.5. The van der Waals surface area contributed by atoms with Crippen molar-refractivity contribution in [2.75, 3.05) is 44.6 Å². The van der Waals surface area contributed by atoms with Crippen LogP contribution in [-0.2, 0) is 20.8 Å². The molecule has 0 heterocycles. The zero-order chi connectivity index (χ0) is 26.8. The Labute approximate surface area is 221 Å². The zero-order valence-corrected chi connectivity index (χ0v) is 22.7. The van der Waals surface area contributed by atoms with Crippen molar-refractivity contribution in [3.63, 3.8) is 0 Å². The van der Waals surface area contributed by atoms with Crippen molar-refractivity contribution in [1.82, 2.24) is 4.90 Å². The van der Waals surface area contributed by atoms with Crippen LogP contribution in [-0.4, -0.2) is 63.4 Å². The predicted octanol–water partition coefficient (Wildman–Crippen LogP) is 5.01. The number of carbonyl (C=O) groups excluding carboxylic acids is 2. The minimum absolute atomic E-state index is 0.00669. The number of nitrogens with one attached hydrogen (secondary N) is 1. The maximum Gasteiger partial charge on any atom is 0.410 e. The lowest BCUT2D eigenvalue weighted by Gasteiger charge is -2.35. The summed E-state index contributed by atoms with van der Waals surface area (Å²) in [5.41, 5.74) is 10.8. The van der Waals surface area contributed by atoms with E-state index in [0.29, 0.717) is 6.54 Å². The molecule has 0 aliphatic heterocycles. The summed E-state index contributed by atoms with van der Waals surface area (Å²) < 4.78 is 10.1. The van der Waals surface area contributed by atoms with Crippen molar-refractivity contribution in [2.24, 2.45) is 5.73 Å². The number of methoxy groups -OCH3 is 2. The summed E-state index contributed by atoms with van der Waals surface area (Å²) in [5, 5.41) is 3.01. The fourth-order valence-electron chi connectivity index (χ4n) is 4.90. The third-order valence-electron chi connectivity index (χ3n) is 7.01. The highest BCUT2D eigenvalue weighted by molar-refractivity contribution is 5.96. The molecule has 0 bridgehead atoms. The van der Waals surface area contributed by atoms with E-state index in [1.807, 2.05) is 42.3 Å². The number of amides is 2. The fourth-order valence-corrected chi connectivity index (χ4v) is 4.90. The minimum atomic E-state index is -0.312. The Kier molecular flexibility index (Phi) is 10.8. The van der Waals surface area contributed by atoms with Crippen LogP contribution in [0.2, 0.25) is 0 Å². The number of nitrogens with zero attached hydrogens (tertiary/aromatic N) is 2. The molecule has 0 saturated heterocycles. The van der Waals surface area contributed by atoms with Gasteiger partial charge in [0.1, 0.15) is 6.61 Å². The lowest BCUT2D eigenvalue weighted by Crippen LogP contribution is -2.43. The van der Waals surface area contributed by atoms with E-state index in [4.69, 9.17) is 15.2 Å². The summed E-state index contributed by atoms with van der Waals surface area (Å²) in [4.78, 5) is 29.0. The molecule has 2 amide bonds. The molecule has 202 valence electrons. The first-order valence-electron chi connectivity index (χ1n) is 13.2. The highest BCUT2D eigenvalue weighted by Crippen LogP contribution is 2.32. The van der Waals surface area contributed by atoms with Crippen LogP contribution in [0.1, 0.15) is 51.0 Å². The maximum absolute atomic E-state index is 12.6. The smallest absolute Gasteiger partial charge is 0.410 e. The number of hydrogen-bond donors (Lipinski definition) is 2. The van der Waals surface area contributed by atoms with Crippen molar-refractivity contribution in [1.29, 1.82) is 0 Å². The van der Waals surface area contributed by atoms with Gasteiger partial charge in [0.25, 0.3) is 0 Å². The van der Waals surface area contributed by atoms with E-state index in [2.05, 4.69) is 29.3 Å². The Morgan fingerprint density at radius 3 is 2.46 bits per heavy atom. The van der Waals surface area contributed by atoms with Gasteiger partial charge in [-0.15, -0.1) is 0 Å². The summed E-state index contributed by atoms with van der Waals surface area (Å²) in [7, 11) is 4.98. The molecule has 2 aromatic carbocycles. The molecule has 3 N–H and O–H groups in total. The van der Waals surface area contributed by atoms with Crippen LogP contribution in [0.15, 0.2) is 42.5 Å². The standard InChI is InChI=1S/C29H42N4O4/c1-5-6-16-32(2)27-15-10-23(18-26(27)31-28(34)20-36-3)22-9-7-8-21(17-22)19-33(29(35)37-4)25-13-11-24(30)12-14-25/h7-10,15,17-18,24-25H,5-6,11-14,16,19-20,30H2,1-4H3,(H,31,34). The molecule has 37 heavy (non-hydrogen) atoms. The number of unbranched alkanes of at least 4 members (excludes halogenated alkanes) is 1. The predicted molar refractivity (Wildman–Crippen MR) is 149 cm³/mol. The SMILES string of the molecule is CCCCN(C)c1ccc(-c2cccc(CN(C(=O)OC)C3CCC(N)CC3)c2)cc1NC(=O)COC. The molecule has 2 aromatic rings. The molecule has 0 unspecified atom stereocenters. The maximum atomic E-state index is 12.6. The number of rotatable bonds is 11. The topological polar surface area (TPSA) is 97.1 Å². The van der Waals surface area contributed by atoms with Gasteiger partial charge in [-0.05, 0) is 67.0 Å². The van der Waals surface area contributed by atoms with Crippen LogP contribution in [0.4, 0.5) is 16.2 Å². The summed E-state index contributed by atoms with van der Waals surface area (Å²) >= 11 is 0. The van der Waals surface area contributed by atoms with Gasteiger partial charge < -0.3 is 30.3 Å². The van der Waals surface area contributed by atoms with Crippen LogP contribution in [0, 0.1) is 0 Å². The third-order valence-corrected chi connectivity index (χ3v) is 7.01. The van der Waals surface area contributed by atoms with Gasteiger partial charge in [0, 0.05) is 39.3 Å². The van der Waals surface area contributed by atoms with Crippen molar-refractivity contribution < 1.29 is 19.1 Å². The molecular formula is C29H42N4O4. The van der Waals surface area contributed by atoms with E-state index in [9.17, 15) is 9.59 Å². The number of hydrogen-bond acceptors (Lipinski definition) is 6. The van der Waals surface area contributed by atoms with Gasteiger partial charge >= 0.3 is 6.09 Å².